The third-order valence-electron chi connectivity index (χ3n) is 3.85. The molecule has 1 aromatic rings. The number of hydrogen-bond acceptors (Lipinski definition) is 4. The summed E-state index contributed by atoms with van der Waals surface area (Å²) in [5.41, 5.74) is 1.37. The van der Waals surface area contributed by atoms with Gasteiger partial charge in [-0.3, -0.25) is 9.59 Å². The number of hydrogen-bond donors (Lipinski definition) is 0. The van der Waals surface area contributed by atoms with Crippen LogP contribution in [0.1, 0.15) is 18.4 Å². The van der Waals surface area contributed by atoms with Crippen molar-refractivity contribution < 1.29 is 19.1 Å². The van der Waals surface area contributed by atoms with E-state index in [1.54, 1.807) is 0 Å². The molecule has 0 saturated carbocycles. The van der Waals surface area contributed by atoms with Crippen molar-refractivity contribution in [1.29, 1.82) is 0 Å². The van der Waals surface area contributed by atoms with Crippen LogP contribution in [-0.2, 0) is 19.1 Å². The number of ether oxygens (including phenoxy) is 2. The molecule has 0 atom stereocenters. The van der Waals surface area contributed by atoms with Crippen molar-refractivity contribution in [1.82, 2.24) is 0 Å². The Labute approximate surface area is 124 Å². The lowest BCUT2D eigenvalue weighted by Crippen LogP contribution is -2.39. The molecule has 110 valence electrons. The highest BCUT2D eigenvalue weighted by Gasteiger charge is 2.51. The Morgan fingerprint density at radius 1 is 1.10 bits per heavy atom. The van der Waals surface area contributed by atoms with Crippen LogP contribution in [0.4, 0.5) is 0 Å². The molecule has 1 aliphatic carbocycles. The standard InChI is InChI=1S/C17H18O4/c1-12(13-7-5-4-6-8-13)14-9-10-17(11-14,15(18)20-2)16(19)21-3/h4-9H,1,10-11H2,2-3H3. The van der Waals surface area contributed by atoms with Gasteiger partial charge in [0.05, 0.1) is 14.2 Å². The molecule has 0 N–H and O–H groups in total. The summed E-state index contributed by atoms with van der Waals surface area (Å²) < 4.78 is 9.58. The van der Waals surface area contributed by atoms with Crippen LogP contribution in [0.25, 0.3) is 5.57 Å². The molecule has 4 heteroatoms. The first-order chi connectivity index (χ1) is 10.0. The van der Waals surface area contributed by atoms with Gasteiger partial charge in [-0.2, -0.15) is 0 Å². The van der Waals surface area contributed by atoms with Gasteiger partial charge in [0.2, 0.25) is 0 Å². The molecule has 0 bridgehead atoms. The van der Waals surface area contributed by atoms with Crippen LogP contribution < -0.4 is 0 Å². The minimum absolute atomic E-state index is 0.250. The van der Waals surface area contributed by atoms with Gasteiger partial charge in [-0.15, -0.1) is 0 Å². The summed E-state index contributed by atoms with van der Waals surface area (Å²) in [6.45, 7) is 4.07. The van der Waals surface area contributed by atoms with Crippen molar-refractivity contribution in [3.8, 4) is 0 Å². The lowest BCUT2D eigenvalue weighted by Gasteiger charge is -2.23. The fourth-order valence-electron chi connectivity index (χ4n) is 2.61. The summed E-state index contributed by atoms with van der Waals surface area (Å²) in [6.07, 6.45) is 2.39. The van der Waals surface area contributed by atoms with Crippen molar-refractivity contribution in [2.45, 2.75) is 12.8 Å². The van der Waals surface area contributed by atoms with Gasteiger partial charge in [0.15, 0.2) is 5.41 Å². The SMILES string of the molecule is C=C(C1=CCC(C(=O)OC)(C(=O)OC)C1)c1ccccc1. The first kappa shape index (κ1) is 15.0. The van der Waals surface area contributed by atoms with Crippen molar-refractivity contribution >= 4 is 17.5 Å². The fourth-order valence-corrected chi connectivity index (χ4v) is 2.61. The highest BCUT2D eigenvalue weighted by molar-refractivity contribution is 6.02. The Bertz CT molecular complexity index is 582. The third kappa shape index (κ3) is 2.61. The smallest absolute Gasteiger partial charge is 0.323 e. The average Bonchev–Trinajstić information content (AvgIpc) is 3.00. The zero-order chi connectivity index (χ0) is 15.5. The second kappa shape index (κ2) is 5.95. The van der Waals surface area contributed by atoms with E-state index in [0.717, 1.165) is 16.7 Å². The van der Waals surface area contributed by atoms with Crippen molar-refractivity contribution in [3.05, 3.63) is 54.1 Å². The molecule has 0 unspecified atom stereocenters. The quantitative estimate of drug-likeness (QED) is 0.631. The minimum Gasteiger partial charge on any atom is -0.468 e. The maximum Gasteiger partial charge on any atom is 0.323 e. The summed E-state index contributed by atoms with van der Waals surface area (Å²) in [5.74, 6) is -1.14. The Morgan fingerprint density at radius 3 is 2.19 bits per heavy atom. The molecular formula is C17H18O4. The van der Waals surface area contributed by atoms with Crippen LogP contribution in [0, 0.1) is 5.41 Å². The predicted molar refractivity (Wildman–Crippen MR) is 79.3 cm³/mol. The number of carbonyl (C=O) groups is 2. The number of rotatable bonds is 4. The van der Waals surface area contributed by atoms with Gasteiger partial charge in [-0.25, -0.2) is 0 Å². The maximum absolute atomic E-state index is 12.1. The molecule has 0 fully saturated rings. The van der Waals surface area contributed by atoms with E-state index in [9.17, 15) is 9.59 Å². The first-order valence-corrected chi connectivity index (χ1v) is 6.65. The fraction of sp³-hybridized carbons (Fsp3) is 0.294. The zero-order valence-corrected chi connectivity index (χ0v) is 12.2. The second-order valence-corrected chi connectivity index (χ2v) is 5.02. The molecule has 1 aliphatic rings. The monoisotopic (exact) mass is 286 g/mol. The lowest BCUT2D eigenvalue weighted by atomic mass is 9.83. The van der Waals surface area contributed by atoms with Crippen LogP contribution in [0.5, 0.6) is 0 Å². The van der Waals surface area contributed by atoms with Gasteiger partial charge in [0, 0.05) is 0 Å². The highest BCUT2D eigenvalue weighted by atomic mass is 16.5. The number of esters is 2. The highest BCUT2D eigenvalue weighted by Crippen LogP contribution is 2.44. The minimum atomic E-state index is -1.28. The van der Waals surface area contributed by atoms with Crippen molar-refractivity contribution in [3.63, 3.8) is 0 Å². The third-order valence-corrected chi connectivity index (χ3v) is 3.85. The van der Waals surface area contributed by atoms with Crippen LogP contribution in [0.3, 0.4) is 0 Å². The summed E-state index contributed by atoms with van der Waals surface area (Å²) in [7, 11) is 2.55. The van der Waals surface area contributed by atoms with Gasteiger partial charge >= 0.3 is 11.9 Å². The maximum atomic E-state index is 12.1. The summed E-state index contributed by atoms with van der Waals surface area (Å²) in [6, 6.07) is 9.65. The van der Waals surface area contributed by atoms with Crippen molar-refractivity contribution in [2.75, 3.05) is 14.2 Å². The van der Waals surface area contributed by atoms with Crippen molar-refractivity contribution in [2.24, 2.45) is 5.41 Å². The Hall–Kier alpha value is -2.36. The normalized spacial score (nSPS) is 16.0. The summed E-state index contributed by atoms with van der Waals surface area (Å²) in [4.78, 5) is 24.1. The van der Waals surface area contributed by atoms with Gasteiger partial charge in [-0.1, -0.05) is 43.0 Å². The van der Waals surface area contributed by atoms with E-state index in [-0.39, 0.29) is 12.8 Å². The predicted octanol–water partition coefficient (Wildman–Crippen LogP) is 2.75. The molecule has 0 radical (unpaired) electrons. The number of carbonyl (C=O) groups excluding carboxylic acids is 2. The van der Waals surface area contributed by atoms with Crippen LogP contribution in [0.15, 0.2) is 48.6 Å². The van der Waals surface area contributed by atoms with E-state index < -0.39 is 17.4 Å². The molecule has 21 heavy (non-hydrogen) atoms. The number of methoxy groups -OCH3 is 2. The Balaban J connectivity index is 2.26. The van der Waals surface area contributed by atoms with E-state index in [4.69, 9.17) is 9.47 Å². The Kier molecular flexibility index (Phi) is 4.26. The second-order valence-electron chi connectivity index (χ2n) is 5.02. The summed E-state index contributed by atoms with van der Waals surface area (Å²) in [5, 5.41) is 0. The molecule has 1 aromatic carbocycles. The lowest BCUT2D eigenvalue weighted by molar-refractivity contribution is -0.168. The van der Waals surface area contributed by atoms with Gasteiger partial charge < -0.3 is 9.47 Å². The van der Waals surface area contributed by atoms with Crippen LogP contribution in [0.2, 0.25) is 0 Å². The molecule has 0 spiro atoms. The summed E-state index contributed by atoms with van der Waals surface area (Å²) >= 11 is 0. The molecule has 0 aromatic heterocycles. The molecule has 2 rings (SSSR count). The van der Waals surface area contributed by atoms with Crippen LogP contribution in [-0.4, -0.2) is 26.2 Å². The average molecular weight is 286 g/mol. The molecule has 4 nitrogen and oxygen atoms in total. The van der Waals surface area contributed by atoms with Gasteiger partial charge in [-0.05, 0) is 29.6 Å². The Morgan fingerprint density at radius 2 is 1.67 bits per heavy atom. The topological polar surface area (TPSA) is 52.6 Å². The molecular weight excluding hydrogens is 268 g/mol. The van der Waals surface area contributed by atoms with E-state index in [2.05, 4.69) is 6.58 Å². The van der Waals surface area contributed by atoms with E-state index in [0.29, 0.717) is 0 Å². The van der Waals surface area contributed by atoms with E-state index in [1.807, 2.05) is 36.4 Å². The van der Waals surface area contributed by atoms with Gasteiger partial charge in [0.25, 0.3) is 0 Å². The van der Waals surface area contributed by atoms with Crippen LogP contribution >= 0.6 is 0 Å². The molecule has 0 heterocycles. The van der Waals surface area contributed by atoms with E-state index in [1.165, 1.54) is 14.2 Å². The molecule has 0 saturated heterocycles. The first-order valence-electron chi connectivity index (χ1n) is 6.65. The van der Waals surface area contributed by atoms with E-state index >= 15 is 0 Å². The van der Waals surface area contributed by atoms with Gasteiger partial charge in [0.1, 0.15) is 0 Å². The largest absolute Gasteiger partial charge is 0.468 e. The zero-order valence-electron chi connectivity index (χ0n) is 12.2. The number of allylic oxidation sites excluding steroid dienone is 3. The molecule has 0 amide bonds. The molecule has 0 aliphatic heterocycles. The number of benzene rings is 1.